The molecule has 1 aromatic rings. The first kappa shape index (κ1) is 9.59. The highest BCUT2D eigenvalue weighted by atomic mass is 14.9. The first-order valence-electron chi connectivity index (χ1n) is 5.21. The molecule has 0 aromatic carbocycles. The molecule has 0 aliphatic heterocycles. The normalized spacial score (nSPS) is 15.9. The van der Waals surface area contributed by atoms with Crippen molar-refractivity contribution in [3.63, 3.8) is 0 Å². The molecule has 0 unspecified atom stereocenters. The molecule has 0 atom stereocenters. The number of aryl methyl sites for hydroxylation is 2. The summed E-state index contributed by atoms with van der Waals surface area (Å²) in [5.74, 6) is 1.70. The molecule has 0 amide bonds. The van der Waals surface area contributed by atoms with Gasteiger partial charge in [0.2, 0.25) is 0 Å². The second-order valence-electron chi connectivity index (χ2n) is 4.04. The van der Waals surface area contributed by atoms with Gasteiger partial charge in [0.25, 0.3) is 0 Å². The fourth-order valence-corrected chi connectivity index (χ4v) is 1.72. The summed E-state index contributed by atoms with van der Waals surface area (Å²) >= 11 is 0. The second-order valence-corrected chi connectivity index (χ2v) is 4.04. The van der Waals surface area contributed by atoms with Crippen LogP contribution in [-0.2, 0) is 6.54 Å². The number of aromatic nitrogens is 2. The summed E-state index contributed by atoms with van der Waals surface area (Å²) in [7, 11) is 1.95. The molecule has 0 spiro atoms. The molecular formula is C11H17N3. The van der Waals surface area contributed by atoms with E-state index >= 15 is 0 Å². The lowest BCUT2D eigenvalue weighted by Gasteiger charge is -2.09. The van der Waals surface area contributed by atoms with Gasteiger partial charge >= 0.3 is 0 Å². The lowest BCUT2D eigenvalue weighted by molar-refractivity contribution is 0.768. The Bertz CT molecular complexity index is 319. The van der Waals surface area contributed by atoms with Crippen molar-refractivity contribution < 1.29 is 0 Å². The van der Waals surface area contributed by atoms with Crippen LogP contribution in [0, 0.1) is 13.8 Å². The first-order chi connectivity index (χ1) is 6.72. The molecule has 76 valence electrons. The Labute approximate surface area is 85.0 Å². The zero-order valence-electron chi connectivity index (χ0n) is 9.09. The van der Waals surface area contributed by atoms with Crippen LogP contribution in [0.2, 0.25) is 0 Å². The van der Waals surface area contributed by atoms with Crippen molar-refractivity contribution in [1.29, 1.82) is 0 Å². The highest BCUT2D eigenvalue weighted by Crippen LogP contribution is 2.38. The molecular weight excluding hydrogens is 174 g/mol. The Morgan fingerprint density at radius 1 is 1.21 bits per heavy atom. The van der Waals surface area contributed by atoms with Crippen molar-refractivity contribution in [2.24, 2.45) is 0 Å². The summed E-state index contributed by atoms with van der Waals surface area (Å²) < 4.78 is 0. The Balaban J connectivity index is 2.33. The van der Waals surface area contributed by atoms with E-state index in [0.717, 1.165) is 23.8 Å². The summed E-state index contributed by atoms with van der Waals surface area (Å²) in [6.45, 7) is 5.02. The van der Waals surface area contributed by atoms with Gasteiger partial charge in [0.05, 0.1) is 0 Å². The van der Waals surface area contributed by atoms with Crippen LogP contribution in [0.3, 0.4) is 0 Å². The van der Waals surface area contributed by atoms with E-state index in [-0.39, 0.29) is 0 Å². The van der Waals surface area contributed by atoms with Gasteiger partial charge in [-0.25, -0.2) is 9.97 Å². The van der Waals surface area contributed by atoms with Crippen molar-refractivity contribution >= 4 is 0 Å². The largest absolute Gasteiger partial charge is 0.316 e. The quantitative estimate of drug-likeness (QED) is 0.790. The molecule has 1 aliphatic carbocycles. The van der Waals surface area contributed by atoms with E-state index in [1.807, 2.05) is 7.05 Å². The zero-order valence-corrected chi connectivity index (χ0v) is 9.09. The van der Waals surface area contributed by atoms with Crippen LogP contribution in [0.4, 0.5) is 0 Å². The Morgan fingerprint density at radius 3 is 2.21 bits per heavy atom. The molecule has 1 heterocycles. The van der Waals surface area contributed by atoms with E-state index in [4.69, 9.17) is 0 Å². The van der Waals surface area contributed by atoms with Crippen molar-refractivity contribution in [1.82, 2.24) is 15.3 Å². The average Bonchev–Trinajstić information content (AvgIpc) is 2.93. The van der Waals surface area contributed by atoms with Gasteiger partial charge in [0.15, 0.2) is 0 Å². The third-order valence-electron chi connectivity index (χ3n) is 2.73. The number of rotatable bonds is 3. The smallest absolute Gasteiger partial charge is 0.131 e. The summed E-state index contributed by atoms with van der Waals surface area (Å²) in [6.07, 6.45) is 2.54. The third kappa shape index (κ3) is 1.77. The predicted molar refractivity (Wildman–Crippen MR) is 56.2 cm³/mol. The monoisotopic (exact) mass is 191 g/mol. The Hall–Kier alpha value is -0.960. The second kappa shape index (κ2) is 3.65. The fourth-order valence-electron chi connectivity index (χ4n) is 1.72. The number of nitrogens with zero attached hydrogens (tertiary/aromatic N) is 2. The van der Waals surface area contributed by atoms with Crippen LogP contribution >= 0.6 is 0 Å². The van der Waals surface area contributed by atoms with Gasteiger partial charge in [0, 0.05) is 29.4 Å². The third-order valence-corrected chi connectivity index (χ3v) is 2.73. The molecule has 2 rings (SSSR count). The summed E-state index contributed by atoms with van der Waals surface area (Å²) in [5, 5.41) is 3.15. The van der Waals surface area contributed by atoms with Crippen LogP contribution in [0.15, 0.2) is 0 Å². The van der Waals surface area contributed by atoms with Gasteiger partial charge in [-0.1, -0.05) is 0 Å². The van der Waals surface area contributed by atoms with E-state index in [9.17, 15) is 0 Å². The molecule has 3 nitrogen and oxygen atoms in total. The number of hydrogen-bond donors (Lipinski definition) is 1. The standard InChI is InChI=1S/C11H17N3/c1-7-10(6-12-3)8(2)14-11(13-7)9-4-5-9/h9,12H,4-6H2,1-3H3. The van der Waals surface area contributed by atoms with Gasteiger partial charge in [-0.3, -0.25) is 0 Å². The number of nitrogens with one attached hydrogen (secondary N) is 1. The molecule has 0 radical (unpaired) electrons. The molecule has 3 heteroatoms. The molecule has 1 N–H and O–H groups in total. The summed E-state index contributed by atoms with van der Waals surface area (Å²) in [5.41, 5.74) is 3.51. The van der Waals surface area contributed by atoms with Gasteiger partial charge in [-0.2, -0.15) is 0 Å². The van der Waals surface area contributed by atoms with Gasteiger partial charge in [0.1, 0.15) is 5.82 Å². The molecule has 1 aliphatic rings. The number of hydrogen-bond acceptors (Lipinski definition) is 3. The molecule has 1 saturated carbocycles. The highest BCUT2D eigenvalue weighted by Gasteiger charge is 2.27. The highest BCUT2D eigenvalue weighted by molar-refractivity contribution is 5.25. The molecule has 1 fully saturated rings. The summed E-state index contributed by atoms with van der Waals surface area (Å²) in [4.78, 5) is 9.13. The van der Waals surface area contributed by atoms with Crippen LogP contribution in [0.5, 0.6) is 0 Å². The lowest BCUT2D eigenvalue weighted by atomic mass is 10.1. The minimum Gasteiger partial charge on any atom is -0.316 e. The maximum absolute atomic E-state index is 4.56. The summed E-state index contributed by atoms with van der Waals surface area (Å²) in [6, 6.07) is 0. The van der Waals surface area contributed by atoms with Crippen LogP contribution in [0.1, 0.15) is 41.5 Å². The van der Waals surface area contributed by atoms with Crippen molar-refractivity contribution in [2.45, 2.75) is 39.2 Å². The Morgan fingerprint density at radius 2 is 1.79 bits per heavy atom. The van der Waals surface area contributed by atoms with Crippen molar-refractivity contribution in [3.05, 3.63) is 22.8 Å². The first-order valence-corrected chi connectivity index (χ1v) is 5.21. The molecule has 14 heavy (non-hydrogen) atoms. The van der Waals surface area contributed by atoms with E-state index in [1.165, 1.54) is 18.4 Å². The van der Waals surface area contributed by atoms with Gasteiger partial charge in [-0.15, -0.1) is 0 Å². The SMILES string of the molecule is CNCc1c(C)nc(C2CC2)nc1C. The molecule has 0 bridgehead atoms. The maximum Gasteiger partial charge on any atom is 0.131 e. The maximum atomic E-state index is 4.56. The van der Waals surface area contributed by atoms with Crippen LogP contribution in [-0.4, -0.2) is 17.0 Å². The predicted octanol–water partition coefficient (Wildman–Crippen LogP) is 1.69. The van der Waals surface area contributed by atoms with Gasteiger partial charge < -0.3 is 5.32 Å². The van der Waals surface area contributed by atoms with E-state index in [2.05, 4.69) is 29.1 Å². The Kier molecular flexibility index (Phi) is 2.50. The molecule has 1 aromatic heterocycles. The average molecular weight is 191 g/mol. The topological polar surface area (TPSA) is 37.8 Å². The van der Waals surface area contributed by atoms with Gasteiger partial charge in [-0.05, 0) is 33.7 Å². The van der Waals surface area contributed by atoms with Crippen molar-refractivity contribution in [2.75, 3.05) is 7.05 Å². The minimum absolute atomic E-state index is 0.649. The minimum atomic E-state index is 0.649. The lowest BCUT2D eigenvalue weighted by Crippen LogP contribution is -2.12. The van der Waals surface area contributed by atoms with E-state index in [0.29, 0.717) is 5.92 Å². The van der Waals surface area contributed by atoms with Crippen LogP contribution < -0.4 is 5.32 Å². The van der Waals surface area contributed by atoms with Crippen LogP contribution in [0.25, 0.3) is 0 Å². The van der Waals surface area contributed by atoms with E-state index in [1.54, 1.807) is 0 Å². The van der Waals surface area contributed by atoms with Crippen molar-refractivity contribution in [3.8, 4) is 0 Å². The fraction of sp³-hybridized carbons (Fsp3) is 0.636. The van der Waals surface area contributed by atoms with E-state index < -0.39 is 0 Å². The zero-order chi connectivity index (χ0) is 10.1. The molecule has 0 saturated heterocycles.